The van der Waals surface area contributed by atoms with Gasteiger partial charge in [0.15, 0.2) is 0 Å². The Morgan fingerprint density at radius 3 is 2.50 bits per heavy atom. The standard InChI is InChI=1S/C12H19NO3/c1-2-9-10(14)3-4-12(9)5-7-13(8-6-12)11(15)16/h2,9-10,14H,1,3-8H2,(H,15,16). The molecule has 0 aromatic rings. The molecular formula is C12H19NO3. The maximum Gasteiger partial charge on any atom is 0.407 e. The van der Waals surface area contributed by atoms with E-state index in [1.54, 1.807) is 0 Å². The molecule has 4 nitrogen and oxygen atoms in total. The number of rotatable bonds is 1. The van der Waals surface area contributed by atoms with E-state index < -0.39 is 6.09 Å². The number of likely N-dealkylation sites (tertiary alicyclic amines) is 1. The molecule has 2 unspecified atom stereocenters. The average Bonchev–Trinajstić information content (AvgIpc) is 2.56. The van der Waals surface area contributed by atoms with Gasteiger partial charge in [-0.3, -0.25) is 0 Å². The van der Waals surface area contributed by atoms with Crippen LogP contribution in [0.5, 0.6) is 0 Å². The van der Waals surface area contributed by atoms with E-state index in [0.29, 0.717) is 13.1 Å². The smallest absolute Gasteiger partial charge is 0.407 e. The Kier molecular flexibility index (Phi) is 2.93. The first-order valence-corrected chi connectivity index (χ1v) is 5.87. The quantitative estimate of drug-likeness (QED) is 0.668. The van der Waals surface area contributed by atoms with Gasteiger partial charge in [-0.25, -0.2) is 4.79 Å². The van der Waals surface area contributed by atoms with E-state index in [-0.39, 0.29) is 17.4 Å². The van der Waals surface area contributed by atoms with Crippen molar-refractivity contribution < 1.29 is 15.0 Å². The third-order valence-electron chi connectivity index (χ3n) is 4.34. The molecule has 1 heterocycles. The van der Waals surface area contributed by atoms with Crippen LogP contribution in [-0.2, 0) is 0 Å². The number of aliphatic hydroxyl groups excluding tert-OH is 1. The molecule has 1 saturated carbocycles. The normalized spacial score (nSPS) is 32.9. The monoisotopic (exact) mass is 225 g/mol. The van der Waals surface area contributed by atoms with Crippen molar-refractivity contribution in [3.63, 3.8) is 0 Å². The molecule has 16 heavy (non-hydrogen) atoms. The van der Waals surface area contributed by atoms with Crippen LogP contribution in [0.25, 0.3) is 0 Å². The van der Waals surface area contributed by atoms with Gasteiger partial charge in [-0.15, -0.1) is 6.58 Å². The topological polar surface area (TPSA) is 60.8 Å². The number of hydrogen-bond donors (Lipinski definition) is 2. The van der Waals surface area contributed by atoms with Crippen molar-refractivity contribution in [2.45, 2.75) is 31.8 Å². The molecule has 1 saturated heterocycles. The minimum absolute atomic E-state index is 0.104. The van der Waals surface area contributed by atoms with Crippen LogP contribution in [-0.4, -0.2) is 40.4 Å². The van der Waals surface area contributed by atoms with Gasteiger partial charge in [-0.05, 0) is 31.1 Å². The number of hydrogen-bond acceptors (Lipinski definition) is 2. The second-order valence-electron chi connectivity index (χ2n) is 5.00. The maximum atomic E-state index is 10.8. The van der Waals surface area contributed by atoms with Crippen LogP contribution in [0.1, 0.15) is 25.7 Å². The minimum atomic E-state index is -0.830. The summed E-state index contributed by atoms with van der Waals surface area (Å²) in [6.45, 7) is 4.99. The molecule has 2 rings (SSSR count). The van der Waals surface area contributed by atoms with E-state index in [1.807, 2.05) is 6.08 Å². The highest BCUT2D eigenvalue weighted by atomic mass is 16.4. The van der Waals surface area contributed by atoms with Gasteiger partial charge < -0.3 is 15.1 Å². The first kappa shape index (κ1) is 11.5. The van der Waals surface area contributed by atoms with Crippen LogP contribution in [0.3, 0.4) is 0 Å². The molecule has 2 N–H and O–H groups in total. The summed E-state index contributed by atoms with van der Waals surface area (Å²) in [6.07, 6.45) is 4.27. The number of aliphatic hydroxyl groups is 1. The molecule has 0 aromatic carbocycles. The zero-order valence-corrected chi connectivity index (χ0v) is 9.43. The van der Waals surface area contributed by atoms with E-state index in [0.717, 1.165) is 25.7 Å². The van der Waals surface area contributed by atoms with Crippen LogP contribution in [0, 0.1) is 11.3 Å². The van der Waals surface area contributed by atoms with Gasteiger partial charge in [-0.1, -0.05) is 6.08 Å². The zero-order valence-electron chi connectivity index (χ0n) is 9.43. The SMILES string of the molecule is C=CC1C(O)CCC12CCN(C(=O)O)CC2. The molecule has 2 aliphatic rings. The summed E-state index contributed by atoms with van der Waals surface area (Å²) in [4.78, 5) is 12.3. The summed E-state index contributed by atoms with van der Waals surface area (Å²) in [5.74, 6) is 0.142. The highest BCUT2D eigenvalue weighted by Crippen LogP contribution is 2.50. The van der Waals surface area contributed by atoms with Crippen molar-refractivity contribution in [3.8, 4) is 0 Å². The fourth-order valence-corrected chi connectivity index (χ4v) is 3.32. The number of nitrogens with zero attached hydrogens (tertiary/aromatic N) is 1. The van der Waals surface area contributed by atoms with Crippen molar-refractivity contribution >= 4 is 6.09 Å². The highest BCUT2D eigenvalue weighted by Gasteiger charge is 2.48. The van der Waals surface area contributed by atoms with Gasteiger partial charge in [-0.2, -0.15) is 0 Å². The maximum absolute atomic E-state index is 10.8. The molecular weight excluding hydrogens is 206 g/mol. The largest absolute Gasteiger partial charge is 0.465 e. The lowest BCUT2D eigenvalue weighted by atomic mass is 9.70. The summed E-state index contributed by atoms with van der Waals surface area (Å²) in [5.41, 5.74) is 0.104. The van der Waals surface area contributed by atoms with Crippen molar-refractivity contribution in [1.82, 2.24) is 4.90 Å². The van der Waals surface area contributed by atoms with Crippen LogP contribution < -0.4 is 0 Å². The summed E-state index contributed by atoms with van der Waals surface area (Å²) in [7, 11) is 0. The van der Waals surface area contributed by atoms with Crippen molar-refractivity contribution in [1.29, 1.82) is 0 Å². The molecule has 2 fully saturated rings. The fourth-order valence-electron chi connectivity index (χ4n) is 3.32. The second kappa shape index (κ2) is 4.09. The number of carbonyl (C=O) groups is 1. The number of piperidine rings is 1. The Labute approximate surface area is 95.6 Å². The fraction of sp³-hybridized carbons (Fsp3) is 0.750. The highest BCUT2D eigenvalue weighted by molar-refractivity contribution is 5.65. The Morgan fingerprint density at radius 1 is 1.38 bits per heavy atom. The average molecular weight is 225 g/mol. The van der Waals surface area contributed by atoms with Crippen LogP contribution in [0.4, 0.5) is 4.79 Å². The van der Waals surface area contributed by atoms with Gasteiger partial charge in [0.1, 0.15) is 0 Å². The van der Waals surface area contributed by atoms with Gasteiger partial charge in [0, 0.05) is 19.0 Å². The summed E-state index contributed by atoms with van der Waals surface area (Å²) < 4.78 is 0. The second-order valence-corrected chi connectivity index (χ2v) is 5.00. The predicted octanol–water partition coefficient (Wildman–Crippen LogP) is 1.70. The molecule has 0 bridgehead atoms. The van der Waals surface area contributed by atoms with Gasteiger partial charge in [0.25, 0.3) is 0 Å². The molecule has 1 aliphatic carbocycles. The molecule has 1 spiro atoms. The van der Waals surface area contributed by atoms with E-state index in [1.165, 1.54) is 4.90 Å². The van der Waals surface area contributed by atoms with Crippen LogP contribution >= 0.6 is 0 Å². The molecule has 4 heteroatoms. The van der Waals surface area contributed by atoms with Gasteiger partial charge in [0.2, 0.25) is 0 Å². The van der Waals surface area contributed by atoms with Crippen LogP contribution in [0.15, 0.2) is 12.7 Å². The predicted molar refractivity (Wildman–Crippen MR) is 60.2 cm³/mol. The minimum Gasteiger partial charge on any atom is -0.465 e. The Balaban J connectivity index is 2.06. The molecule has 1 amide bonds. The van der Waals surface area contributed by atoms with Gasteiger partial charge in [0.05, 0.1) is 6.10 Å². The lowest BCUT2D eigenvalue weighted by Crippen LogP contribution is -2.44. The van der Waals surface area contributed by atoms with Crippen molar-refractivity contribution in [2.24, 2.45) is 11.3 Å². The molecule has 0 radical (unpaired) electrons. The number of amides is 1. The van der Waals surface area contributed by atoms with Gasteiger partial charge >= 0.3 is 6.09 Å². The lowest BCUT2D eigenvalue weighted by molar-refractivity contribution is 0.0503. The Bertz CT molecular complexity index is 295. The number of carboxylic acid groups (broad SMARTS) is 1. The summed E-state index contributed by atoms with van der Waals surface area (Å²) >= 11 is 0. The lowest BCUT2D eigenvalue weighted by Gasteiger charge is -2.41. The molecule has 0 aromatic heterocycles. The molecule has 1 aliphatic heterocycles. The van der Waals surface area contributed by atoms with E-state index in [4.69, 9.17) is 5.11 Å². The van der Waals surface area contributed by atoms with E-state index >= 15 is 0 Å². The zero-order chi connectivity index (χ0) is 11.8. The molecule has 2 atom stereocenters. The first-order valence-electron chi connectivity index (χ1n) is 5.87. The third kappa shape index (κ3) is 1.71. The van der Waals surface area contributed by atoms with Crippen LogP contribution in [0.2, 0.25) is 0 Å². The van der Waals surface area contributed by atoms with E-state index in [2.05, 4.69) is 6.58 Å². The third-order valence-corrected chi connectivity index (χ3v) is 4.34. The van der Waals surface area contributed by atoms with Crippen molar-refractivity contribution in [3.05, 3.63) is 12.7 Å². The summed E-state index contributed by atoms with van der Waals surface area (Å²) in [5, 5.41) is 18.8. The van der Waals surface area contributed by atoms with Crippen molar-refractivity contribution in [2.75, 3.05) is 13.1 Å². The Morgan fingerprint density at radius 2 is 2.00 bits per heavy atom. The summed E-state index contributed by atoms with van der Waals surface area (Å²) in [6, 6.07) is 0. The Hall–Kier alpha value is -1.03. The molecule has 90 valence electrons. The van der Waals surface area contributed by atoms with E-state index in [9.17, 15) is 9.90 Å². The first-order chi connectivity index (χ1) is 7.59.